The number of sulfonamides is 1. The van der Waals surface area contributed by atoms with Gasteiger partial charge in [0, 0.05) is 6.04 Å². The monoisotopic (exact) mass is 311 g/mol. The van der Waals surface area contributed by atoms with Crippen molar-refractivity contribution >= 4 is 26.0 Å². The predicted octanol–water partition coefficient (Wildman–Crippen LogP) is 2.72. The van der Waals surface area contributed by atoms with Crippen LogP contribution in [-0.2, 0) is 10.0 Å². The zero-order valence-corrected chi connectivity index (χ0v) is 12.6. The molecule has 0 spiro atoms. The van der Waals surface area contributed by atoms with Crippen molar-refractivity contribution in [2.24, 2.45) is 17.8 Å². The van der Waals surface area contributed by atoms with E-state index in [0.29, 0.717) is 17.8 Å². The Bertz CT molecular complexity index is 316. The van der Waals surface area contributed by atoms with E-state index in [4.69, 9.17) is 0 Å². The highest BCUT2D eigenvalue weighted by atomic mass is 79.9. The maximum Gasteiger partial charge on any atom is 0.221 e. The van der Waals surface area contributed by atoms with E-state index >= 15 is 0 Å². The van der Waals surface area contributed by atoms with Gasteiger partial charge in [0.25, 0.3) is 0 Å². The molecule has 0 amide bonds. The Morgan fingerprint density at radius 3 is 2.50 bits per heavy atom. The molecular formula is C11H22BrNO2S. The van der Waals surface area contributed by atoms with Crippen molar-refractivity contribution in [2.45, 2.75) is 46.1 Å². The van der Waals surface area contributed by atoms with Gasteiger partial charge in [0.15, 0.2) is 0 Å². The highest BCUT2D eigenvalue weighted by Crippen LogP contribution is 2.33. The molecule has 1 N–H and O–H groups in total. The third-order valence-corrected chi connectivity index (χ3v) is 6.25. The van der Waals surface area contributed by atoms with Gasteiger partial charge in [-0.15, -0.1) is 0 Å². The summed E-state index contributed by atoms with van der Waals surface area (Å²) in [5.41, 5.74) is 0. The van der Waals surface area contributed by atoms with Gasteiger partial charge in [-0.05, 0) is 30.6 Å². The SMILES string of the molecule is CC1CCC(C(C)C)C(NS(=O)(=O)CBr)C1. The second-order valence-corrected chi connectivity index (χ2v) is 8.33. The lowest BCUT2D eigenvalue weighted by Gasteiger charge is -2.37. The lowest BCUT2D eigenvalue weighted by Crippen LogP contribution is -2.45. The summed E-state index contributed by atoms with van der Waals surface area (Å²) in [7, 11) is -3.14. The minimum absolute atomic E-state index is 0.00427. The minimum atomic E-state index is -3.14. The Labute approximate surface area is 108 Å². The minimum Gasteiger partial charge on any atom is -0.212 e. The highest BCUT2D eigenvalue weighted by Gasteiger charge is 2.32. The molecule has 96 valence electrons. The van der Waals surface area contributed by atoms with E-state index in [-0.39, 0.29) is 10.7 Å². The lowest BCUT2D eigenvalue weighted by atomic mass is 9.74. The highest BCUT2D eigenvalue weighted by molar-refractivity contribution is 9.10. The summed E-state index contributed by atoms with van der Waals surface area (Å²) >= 11 is 3.02. The van der Waals surface area contributed by atoms with Crippen molar-refractivity contribution in [2.75, 3.05) is 4.66 Å². The molecule has 0 radical (unpaired) electrons. The zero-order chi connectivity index (χ0) is 12.3. The van der Waals surface area contributed by atoms with Gasteiger partial charge in [-0.1, -0.05) is 43.1 Å². The smallest absolute Gasteiger partial charge is 0.212 e. The van der Waals surface area contributed by atoms with Gasteiger partial charge in [-0.3, -0.25) is 0 Å². The summed E-state index contributed by atoms with van der Waals surface area (Å²) in [4.78, 5) is 0. The van der Waals surface area contributed by atoms with Gasteiger partial charge in [0.1, 0.15) is 4.66 Å². The van der Waals surface area contributed by atoms with Crippen LogP contribution in [0.1, 0.15) is 40.0 Å². The average molecular weight is 312 g/mol. The number of hydrogen-bond donors (Lipinski definition) is 1. The second kappa shape index (κ2) is 5.83. The zero-order valence-electron chi connectivity index (χ0n) is 10.2. The first-order chi connectivity index (χ1) is 7.35. The number of halogens is 1. The van der Waals surface area contributed by atoms with Gasteiger partial charge < -0.3 is 0 Å². The van der Waals surface area contributed by atoms with Crippen LogP contribution in [0.15, 0.2) is 0 Å². The van der Waals surface area contributed by atoms with E-state index in [9.17, 15) is 8.42 Å². The Hall–Kier alpha value is 0.390. The predicted molar refractivity (Wildman–Crippen MR) is 71.0 cm³/mol. The van der Waals surface area contributed by atoms with Crippen LogP contribution in [0.25, 0.3) is 0 Å². The third-order valence-electron chi connectivity index (χ3n) is 3.50. The van der Waals surface area contributed by atoms with E-state index in [0.717, 1.165) is 12.8 Å². The van der Waals surface area contributed by atoms with E-state index in [1.807, 2.05) is 0 Å². The second-order valence-electron chi connectivity index (χ2n) is 5.27. The Morgan fingerprint density at radius 1 is 1.38 bits per heavy atom. The Kier molecular flexibility index (Phi) is 5.26. The Morgan fingerprint density at radius 2 is 2.00 bits per heavy atom. The van der Waals surface area contributed by atoms with Crippen molar-refractivity contribution in [3.63, 3.8) is 0 Å². The molecule has 1 aliphatic rings. The fraction of sp³-hybridized carbons (Fsp3) is 1.00. The van der Waals surface area contributed by atoms with Crippen LogP contribution < -0.4 is 4.72 Å². The molecule has 0 aromatic heterocycles. The number of alkyl halides is 1. The van der Waals surface area contributed by atoms with Crippen LogP contribution in [-0.4, -0.2) is 19.1 Å². The third kappa shape index (κ3) is 4.00. The van der Waals surface area contributed by atoms with E-state index in [1.54, 1.807) is 0 Å². The van der Waals surface area contributed by atoms with Crippen molar-refractivity contribution in [1.29, 1.82) is 0 Å². The molecule has 0 aromatic rings. The van der Waals surface area contributed by atoms with Crippen LogP contribution in [0.2, 0.25) is 0 Å². The number of rotatable bonds is 4. The van der Waals surface area contributed by atoms with Crippen LogP contribution >= 0.6 is 15.9 Å². The van der Waals surface area contributed by atoms with Crippen LogP contribution in [0, 0.1) is 17.8 Å². The standard InChI is InChI=1S/C11H22BrNO2S/c1-8(2)10-5-4-9(3)6-11(10)13-16(14,15)7-12/h8-11,13H,4-7H2,1-3H3. The fourth-order valence-electron chi connectivity index (χ4n) is 2.60. The van der Waals surface area contributed by atoms with Gasteiger partial charge in [0.2, 0.25) is 10.0 Å². The molecule has 1 aliphatic carbocycles. The van der Waals surface area contributed by atoms with Crippen molar-refractivity contribution in [1.82, 2.24) is 4.72 Å². The quantitative estimate of drug-likeness (QED) is 0.811. The maximum absolute atomic E-state index is 11.6. The summed E-state index contributed by atoms with van der Waals surface area (Å²) in [5.74, 6) is 1.64. The maximum atomic E-state index is 11.6. The van der Waals surface area contributed by atoms with Crippen LogP contribution in [0.3, 0.4) is 0 Å². The molecule has 1 saturated carbocycles. The van der Waals surface area contributed by atoms with Crippen molar-refractivity contribution in [3.8, 4) is 0 Å². The molecule has 3 unspecified atom stereocenters. The summed E-state index contributed by atoms with van der Waals surface area (Å²) in [5, 5.41) is 0. The van der Waals surface area contributed by atoms with Gasteiger partial charge >= 0.3 is 0 Å². The van der Waals surface area contributed by atoms with E-state index < -0.39 is 10.0 Å². The molecule has 0 heterocycles. The van der Waals surface area contributed by atoms with Gasteiger partial charge in [-0.25, -0.2) is 13.1 Å². The molecule has 0 saturated heterocycles. The first kappa shape index (κ1) is 14.5. The van der Waals surface area contributed by atoms with Crippen LogP contribution in [0.5, 0.6) is 0 Å². The molecule has 3 atom stereocenters. The summed E-state index contributed by atoms with van der Waals surface area (Å²) in [6, 6.07) is 0.117. The molecular weight excluding hydrogens is 290 g/mol. The molecule has 0 aromatic carbocycles. The normalized spacial score (nSPS) is 31.9. The molecule has 1 fully saturated rings. The number of nitrogens with one attached hydrogen (secondary N) is 1. The summed E-state index contributed by atoms with van der Waals surface area (Å²) < 4.78 is 26.0. The van der Waals surface area contributed by atoms with Gasteiger partial charge in [0.05, 0.1) is 0 Å². The first-order valence-corrected chi connectivity index (χ1v) is 8.69. The van der Waals surface area contributed by atoms with Crippen molar-refractivity contribution < 1.29 is 8.42 Å². The average Bonchev–Trinajstić information content (AvgIpc) is 2.16. The summed E-state index contributed by atoms with van der Waals surface area (Å²) in [6.45, 7) is 6.55. The topological polar surface area (TPSA) is 46.2 Å². The largest absolute Gasteiger partial charge is 0.221 e. The first-order valence-electron chi connectivity index (χ1n) is 5.91. The molecule has 0 aliphatic heterocycles. The lowest BCUT2D eigenvalue weighted by molar-refractivity contribution is 0.188. The molecule has 1 rings (SSSR count). The van der Waals surface area contributed by atoms with Gasteiger partial charge in [-0.2, -0.15) is 0 Å². The molecule has 3 nitrogen and oxygen atoms in total. The molecule has 0 bridgehead atoms. The molecule has 5 heteroatoms. The molecule has 16 heavy (non-hydrogen) atoms. The van der Waals surface area contributed by atoms with E-state index in [2.05, 4.69) is 41.4 Å². The number of hydrogen-bond acceptors (Lipinski definition) is 2. The van der Waals surface area contributed by atoms with Crippen LogP contribution in [0.4, 0.5) is 0 Å². The fourth-order valence-corrected chi connectivity index (χ4v) is 3.79. The van der Waals surface area contributed by atoms with E-state index in [1.165, 1.54) is 6.42 Å². The van der Waals surface area contributed by atoms with Crippen molar-refractivity contribution in [3.05, 3.63) is 0 Å². The summed E-state index contributed by atoms with van der Waals surface area (Å²) in [6.07, 6.45) is 3.32. The Balaban J connectivity index is 2.72.